The van der Waals surface area contributed by atoms with Gasteiger partial charge < -0.3 is 5.11 Å². The van der Waals surface area contributed by atoms with Crippen LogP contribution >= 0.6 is 0 Å². The van der Waals surface area contributed by atoms with Gasteiger partial charge in [-0.25, -0.2) is 9.18 Å². The standard InChI is InChI=1S/C9H5FO2/c1-2-6-5-7(10)3-4-8(6)9(11)12/h1,3-5H,(H,11,12). The van der Waals surface area contributed by atoms with Crippen LogP contribution in [0.1, 0.15) is 15.9 Å². The van der Waals surface area contributed by atoms with Crippen molar-refractivity contribution < 1.29 is 14.3 Å². The van der Waals surface area contributed by atoms with Crippen LogP contribution in [0.5, 0.6) is 0 Å². The maximum atomic E-state index is 12.5. The number of carboxylic acids is 1. The van der Waals surface area contributed by atoms with E-state index in [-0.39, 0.29) is 11.1 Å². The first-order chi connectivity index (χ1) is 5.65. The van der Waals surface area contributed by atoms with Gasteiger partial charge in [-0.05, 0) is 18.2 Å². The third-order valence-corrected chi connectivity index (χ3v) is 1.37. The summed E-state index contributed by atoms with van der Waals surface area (Å²) in [5, 5.41) is 8.57. The maximum Gasteiger partial charge on any atom is 0.336 e. The summed E-state index contributed by atoms with van der Waals surface area (Å²) in [5.74, 6) is 0.413. The van der Waals surface area contributed by atoms with E-state index in [1.807, 2.05) is 0 Å². The van der Waals surface area contributed by atoms with Gasteiger partial charge in [-0.15, -0.1) is 6.42 Å². The van der Waals surface area contributed by atoms with Gasteiger partial charge in [0.25, 0.3) is 0 Å². The normalized spacial score (nSPS) is 9.00. The highest BCUT2D eigenvalue weighted by molar-refractivity contribution is 5.90. The van der Waals surface area contributed by atoms with E-state index in [0.29, 0.717) is 0 Å². The van der Waals surface area contributed by atoms with E-state index in [1.54, 1.807) is 0 Å². The largest absolute Gasteiger partial charge is 0.478 e. The topological polar surface area (TPSA) is 37.3 Å². The van der Waals surface area contributed by atoms with E-state index >= 15 is 0 Å². The molecule has 60 valence electrons. The van der Waals surface area contributed by atoms with E-state index in [1.165, 1.54) is 0 Å². The Morgan fingerprint density at radius 2 is 2.25 bits per heavy atom. The van der Waals surface area contributed by atoms with Crippen molar-refractivity contribution in [1.29, 1.82) is 0 Å². The number of rotatable bonds is 1. The Kier molecular flexibility index (Phi) is 2.11. The number of hydrogen-bond donors (Lipinski definition) is 1. The zero-order valence-corrected chi connectivity index (χ0v) is 6.04. The molecule has 0 aromatic heterocycles. The predicted molar refractivity (Wildman–Crippen MR) is 41.3 cm³/mol. The van der Waals surface area contributed by atoms with Crippen LogP contribution in [0, 0.1) is 18.2 Å². The van der Waals surface area contributed by atoms with Gasteiger partial charge in [0.2, 0.25) is 0 Å². The molecule has 1 aromatic rings. The average Bonchev–Trinajstić information content (AvgIpc) is 2.03. The number of benzene rings is 1. The molecule has 1 rings (SSSR count). The van der Waals surface area contributed by atoms with Crippen molar-refractivity contribution in [3.8, 4) is 12.3 Å². The Hall–Kier alpha value is -1.82. The molecule has 0 bridgehead atoms. The van der Waals surface area contributed by atoms with Crippen molar-refractivity contribution in [1.82, 2.24) is 0 Å². The molecule has 0 aliphatic heterocycles. The lowest BCUT2D eigenvalue weighted by atomic mass is 10.1. The van der Waals surface area contributed by atoms with Crippen molar-refractivity contribution in [2.24, 2.45) is 0 Å². The Morgan fingerprint density at radius 3 is 2.75 bits per heavy atom. The summed E-state index contributed by atoms with van der Waals surface area (Å²) in [4.78, 5) is 10.5. The first kappa shape index (κ1) is 8.28. The number of aromatic carboxylic acids is 1. The SMILES string of the molecule is C#Cc1cc(F)ccc1C(=O)O. The van der Waals surface area contributed by atoms with Crippen LogP contribution in [0.25, 0.3) is 0 Å². The van der Waals surface area contributed by atoms with E-state index in [9.17, 15) is 9.18 Å². The van der Waals surface area contributed by atoms with Gasteiger partial charge in [-0.2, -0.15) is 0 Å². The Balaban J connectivity index is 3.32. The van der Waals surface area contributed by atoms with Crippen LogP contribution < -0.4 is 0 Å². The monoisotopic (exact) mass is 164 g/mol. The molecule has 1 N–H and O–H groups in total. The fourth-order valence-corrected chi connectivity index (χ4v) is 0.822. The highest BCUT2D eigenvalue weighted by atomic mass is 19.1. The van der Waals surface area contributed by atoms with Crippen molar-refractivity contribution in [3.05, 3.63) is 35.1 Å². The molecule has 0 unspecified atom stereocenters. The second-order valence-corrected chi connectivity index (χ2v) is 2.14. The van der Waals surface area contributed by atoms with Crippen LogP contribution in [-0.2, 0) is 0 Å². The molecule has 0 saturated heterocycles. The van der Waals surface area contributed by atoms with Gasteiger partial charge in [0, 0.05) is 5.56 Å². The summed E-state index contributed by atoms with van der Waals surface area (Å²) >= 11 is 0. The summed E-state index contributed by atoms with van der Waals surface area (Å²) < 4.78 is 12.5. The second kappa shape index (κ2) is 3.05. The summed E-state index contributed by atoms with van der Waals surface area (Å²) in [6.07, 6.45) is 4.98. The summed E-state index contributed by atoms with van der Waals surface area (Å²) in [6, 6.07) is 3.22. The van der Waals surface area contributed by atoms with E-state index in [2.05, 4.69) is 5.92 Å². The molecular formula is C9H5FO2. The molecule has 1 aromatic carbocycles. The van der Waals surface area contributed by atoms with E-state index < -0.39 is 11.8 Å². The quantitative estimate of drug-likeness (QED) is 0.638. The van der Waals surface area contributed by atoms with E-state index in [4.69, 9.17) is 11.5 Å². The third-order valence-electron chi connectivity index (χ3n) is 1.37. The second-order valence-electron chi connectivity index (χ2n) is 2.14. The third kappa shape index (κ3) is 1.43. The number of halogens is 1. The molecule has 0 atom stereocenters. The van der Waals surface area contributed by atoms with Crippen molar-refractivity contribution in [2.75, 3.05) is 0 Å². The van der Waals surface area contributed by atoms with Gasteiger partial charge in [0.1, 0.15) is 5.82 Å². The molecule has 0 aliphatic rings. The molecule has 0 saturated carbocycles. The Morgan fingerprint density at radius 1 is 1.58 bits per heavy atom. The molecule has 0 fully saturated rings. The zero-order valence-electron chi connectivity index (χ0n) is 6.04. The number of carboxylic acid groups (broad SMARTS) is 1. The van der Waals surface area contributed by atoms with Gasteiger partial charge in [-0.3, -0.25) is 0 Å². The van der Waals surface area contributed by atoms with Crippen LogP contribution in [0.2, 0.25) is 0 Å². The average molecular weight is 164 g/mol. The van der Waals surface area contributed by atoms with Gasteiger partial charge in [0.15, 0.2) is 0 Å². The van der Waals surface area contributed by atoms with E-state index in [0.717, 1.165) is 18.2 Å². The number of hydrogen-bond acceptors (Lipinski definition) is 1. The predicted octanol–water partition coefficient (Wildman–Crippen LogP) is 1.51. The molecule has 0 aliphatic carbocycles. The minimum atomic E-state index is -1.15. The van der Waals surface area contributed by atoms with Crippen molar-refractivity contribution in [2.45, 2.75) is 0 Å². The van der Waals surface area contributed by atoms with Crippen molar-refractivity contribution in [3.63, 3.8) is 0 Å². The minimum Gasteiger partial charge on any atom is -0.478 e. The fourth-order valence-electron chi connectivity index (χ4n) is 0.822. The molecule has 0 amide bonds. The Bertz CT molecular complexity index is 363. The van der Waals surface area contributed by atoms with Crippen LogP contribution in [0.4, 0.5) is 4.39 Å². The van der Waals surface area contributed by atoms with Crippen LogP contribution in [-0.4, -0.2) is 11.1 Å². The molecule has 0 radical (unpaired) electrons. The molecule has 0 heterocycles. The summed E-state index contributed by atoms with van der Waals surface area (Å²) in [5.41, 5.74) is 0.00130. The Labute approximate surface area is 68.6 Å². The zero-order chi connectivity index (χ0) is 9.14. The number of carbonyl (C=O) groups is 1. The minimum absolute atomic E-state index is 0.0566. The molecule has 12 heavy (non-hydrogen) atoms. The molecule has 0 spiro atoms. The summed E-state index contributed by atoms with van der Waals surface area (Å²) in [7, 11) is 0. The molecule has 2 nitrogen and oxygen atoms in total. The molecular weight excluding hydrogens is 159 g/mol. The lowest BCUT2D eigenvalue weighted by Crippen LogP contribution is -2.00. The van der Waals surface area contributed by atoms with Gasteiger partial charge in [0.05, 0.1) is 5.56 Å². The maximum absolute atomic E-state index is 12.5. The van der Waals surface area contributed by atoms with Crippen molar-refractivity contribution >= 4 is 5.97 Å². The van der Waals surface area contributed by atoms with Crippen LogP contribution in [0.15, 0.2) is 18.2 Å². The highest BCUT2D eigenvalue weighted by Crippen LogP contribution is 2.09. The van der Waals surface area contributed by atoms with Gasteiger partial charge >= 0.3 is 5.97 Å². The first-order valence-corrected chi connectivity index (χ1v) is 3.14. The fraction of sp³-hybridized carbons (Fsp3) is 0. The smallest absolute Gasteiger partial charge is 0.336 e. The van der Waals surface area contributed by atoms with Gasteiger partial charge in [-0.1, -0.05) is 5.92 Å². The number of terminal acetylenes is 1. The molecule has 3 heteroatoms. The van der Waals surface area contributed by atoms with Crippen LogP contribution in [0.3, 0.4) is 0 Å². The highest BCUT2D eigenvalue weighted by Gasteiger charge is 2.08. The first-order valence-electron chi connectivity index (χ1n) is 3.14. The summed E-state index contributed by atoms with van der Waals surface area (Å²) in [6.45, 7) is 0. The lowest BCUT2D eigenvalue weighted by Gasteiger charge is -1.97. The lowest BCUT2D eigenvalue weighted by molar-refractivity contribution is 0.0696.